The summed E-state index contributed by atoms with van der Waals surface area (Å²) in [6.45, 7) is 4.50. The third kappa shape index (κ3) is 2.33. The van der Waals surface area contributed by atoms with Crippen molar-refractivity contribution < 1.29 is 9.53 Å². The number of benzene rings is 1. The molecule has 0 unspecified atom stereocenters. The van der Waals surface area contributed by atoms with Gasteiger partial charge in [0.05, 0.1) is 12.2 Å². The summed E-state index contributed by atoms with van der Waals surface area (Å²) in [5, 5.41) is 0. The lowest BCUT2D eigenvalue weighted by molar-refractivity contribution is 0.0525. The van der Waals surface area contributed by atoms with Crippen molar-refractivity contribution in [2.45, 2.75) is 20.4 Å². The van der Waals surface area contributed by atoms with E-state index in [-0.39, 0.29) is 5.97 Å². The molecule has 0 saturated carbocycles. The van der Waals surface area contributed by atoms with Crippen molar-refractivity contribution in [3.8, 4) is 0 Å². The van der Waals surface area contributed by atoms with Gasteiger partial charge in [-0.25, -0.2) is 4.79 Å². The van der Waals surface area contributed by atoms with E-state index in [0.29, 0.717) is 18.7 Å². The Morgan fingerprint density at radius 2 is 2.21 bits per heavy atom. The van der Waals surface area contributed by atoms with Crippen molar-refractivity contribution in [3.63, 3.8) is 0 Å². The molecule has 0 heterocycles. The predicted octanol–water partition coefficient (Wildman–Crippen LogP) is 1.63. The SMILES string of the molecule is CCOC(=O)c1cc(CN)ccc1C. The highest BCUT2D eigenvalue weighted by molar-refractivity contribution is 5.91. The van der Waals surface area contributed by atoms with Crippen LogP contribution in [0.25, 0.3) is 0 Å². The second-order valence-corrected chi connectivity index (χ2v) is 3.07. The van der Waals surface area contributed by atoms with Gasteiger partial charge < -0.3 is 10.5 Å². The Morgan fingerprint density at radius 3 is 2.79 bits per heavy atom. The predicted molar refractivity (Wildman–Crippen MR) is 55.0 cm³/mol. The number of esters is 1. The first-order chi connectivity index (χ1) is 6.69. The molecule has 14 heavy (non-hydrogen) atoms. The minimum Gasteiger partial charge on any atom is -0.462 e. The van der Waals surface area contributed by atoms with Crippen LogP contribution in [0.5, 0.6) is 0 Å². The Bertz CT molecular complexity index is 334. The van der Waals surface area contributed by atoms with E-state index in [1.165, 1.54) is 0 Å². The zero-order valence-corrected chi connectivity index (χ0v) is 8.54. The van der Waals surface area contributed by atoms with Crippen LogP contribution in [0.1, 0.15) is 28.4 Å². The summed E-state index contributed by atoms with van der Waals surface area (Å²) in [4.78, 5) is 11.5. The fourth-order valence-corrected chi connectivity index (χ4v) is 1.22. The fraction of sp³-hybridized carbons (Fsp3) is 0.364. The molecule has 3 heteroatoms. The van der Waals surface area contributed by atoms with Crippen molar-refractivity contribution in [3.05, 3.63) is 34.9 Å². The van der Waals surface area contributed by atoms with E-state index in [9.17, 15) is 4.79 Å². The lowest BCUT2D eigenvalue weighted by Gasteiger charge is -2.06. The van der Waals surface area contributed by atoms with Crippen molar-refractivity contribution in [2.24, 2.45) is 5.73 Å². The monoisotopic (exact) mass is 193 g/mol. The summed E-state index contributed by atoms with van der Waals surface area (Å²) in [6, 6.07) is 5.58. The molecule has 0 spiro atoms. The molecule has 0 bridgehead atoms. The number of hydrogen-bond donors (Lipinski definition) is 1. The van der Waals surface area contributed by atoms with E-state index in [0.717, 1.165) is 11.1 Å². The van der Waals surface area contributed by atoms with Gasteiger partial charge in [0, 0.05) is 6.54 Å². The Balaban J connectivity index is 2.99. The van der Waals surface area contributed by atoms with Crippen molar-refractivity contribution in [1.29, 1.82) is 0 Å². The quantitative estimate of drug-likeness (QED) is 0.742. The van der Waals surface area contributed by atoms with Gasteiger partial charge in [0.2, 0.25) is 0 Å². The number of nitrogens with two attached hydrogens (primary N) is 1. The first-order valence-corrected chi connectivity index (χ1v) is 4.65. The van der Waals surface area contributed by atoms with E-state index in [4.69, 9.17) is 10.5 Å². The van der Waals surface area contributed by atoms with Crippen LogP contribution in [-0.4, -0.2) is 12.6 Å². The second-order valence-electron chi connectivity index (χ2n) is 3.07. The number of carbonyl (C=O) groups excluding carboxylic acids is 1. The zero-order chi connectivity index (χ0) is 10.6. The lowest BCUT2D eigenvalue weighted by atomic mass is 10.1. The van der Waals surface area contributed by atoms with Crippen LogP contribution in [0.2, 0.25) is 0 Å². The summed E-state index contributed by atoms with van der Waals surface area (Å²) in [5.74, 6) is -0.277. The molecule has 76 valence electrons. The number of carbonyl (C=O) groups is 1. The van der Waals surface area contributed by atoms with Gasteiger partial charge in [0.25, 0.3) is 0 Å². The number of ether oxygens (including phenoxy) is 1. The Labute approximate surface area is 83.9 Å². The molecule has 0 atom stereocenters. The number of aryl methyl sites for hydroxylation is 1. The van der Waals surface area contributed by atoms with Gasteiger partial charge in [-0.3, -0.25) is 0 Å². The van der Waals surface area contributed by atoms with Crippen LogP contribution >= 0.6 is 0 Å². The third-order valence-corrected chi connectivity index (χ3v) is 2.03. The average molecular weight is 193 g/mol. The largest absolute Gasteiger partial charge is 0.462 e. The van der Waals surface area contributed by atoms with Crippen molar-refractivity contribution in [2.75, 3.05) is 6.61 Å². The molecule has 0 aliphatic carbocycles. The van der Waals surface area contributed by atoms with Crippen LogP contribution in [0.15, 0.2) is 18.2 Å². The van der Waals surface area contributed by atoms with Crippen molar-refractivity contribution >= 4 is 5.97 Å². The van der Waals surface area contributed by atoms with Gasteiger partial charge in [0.1, 0.15) is 0 Å². The Hall–Kier alpha value is -1.35. The minimum atomic E-state index is -0.277. The molecule has 0 aliphatic rings. The van der Waals surface area contributed by atoms with Crippen LogP contribution in [0, 0.1) is 6.92 Å². The highest BCUT2D eigenvalue weighted by atomic mass is 16.5. The topological polar surface area (TPSA) is 52.3 Å². The maximum atomic E-state index is 11.5. The minimum absolute atomic E-state index is 0.277. The first kappa shape index (κ1) is 10.7. The Kier molecular flexibility index (Phi) is 3.65. The van der Waals surface area contributed by atoms with Gasteiger partial charge in [-0.05, 0) is 31.0 Å². The number of hydrogen-bond acceptors (Lipinski definition) is 3. The van der Waals surface area contributed by atoms with Crippen LogP contribution in [-0.2, 0) is 11.3 Å². The standard InChI is InChI=1S/C11H15NO2/c1-3-14-11(13)10-6-9(7-12)5-4-8(10)2/h4-6H,3,7,12H2,1-2H3. The zero-order valence-electron chi connectivity index (χ0n) is 8.54. The lowest BCUT2D eigenvalue weighted by Crippen LogP contribution is -2.08. The molecular weight excluding hydrogens is 178 g/mol. The van der Waals surface area contributed by atoms with E-state index in [2.05, 4.69) is 0 Å². The molecule has 1 rings (SSSR count). The molecule has 0 aromatic heterocycles. The van der Waals surface area contributed by atoms with Gasteiger partial charge in [-0.2, -0.15) is 0 Å². The molecule has 2 N–H and O–H groups in total. The molecule has 0 radical (unpaired) electrons. The van der Waals surface area contributed by atoms with Crippen molar-refractivity contribution in [1.82, 2.24) is 0 Å². The molecular formula is C11H15NO2. The van der Waals surface area contributed by atoms with Gasteiger partial charge in [-0.15, -0.1) is 0 Å². The molecule has 1 aromatic rings. The maximum Gasteiger partial charge on any atom is 0.338 e. The van der Waals surface area contributed by atoms with Crippen LogP contribution < -0.4 is 5.73 Å². The summed E-state index contributed by atoms with van der Waals surface area (Å²) >= 11 is 0. The van der Waals surface area contributed by atoms with E-state index in [1.807, 2.05) is 19.1 Å². The Morgan fingerprint density at radius 1 is 1.50 bits per heavy atom. The van der Waals surface area contributed by atoms with E-state index < -0.39 is 0 Å². The third-order valence-electron chi connectivity index (χ3n) is 2.03. The van der Waals surface area contributed by atoms with Crippen LogP contribution in [0.3, 0.4) is 0 Å². The fourth-order valence-electron chi connectivity index (χ4n) is 1.22. The molecule has 0 saturated heterocycles. The molecule has 3 nitrogen and oxygen atoms in total. The second kappa shape index (κ2) is 4.77. The normalized spacial score (nSPS) is 9.93. The average Bonchev–Trinajstić information content (AvgIpc) is 2.19. The van der Waals surface area contributed by atoms with Gasteiger partial charge in [0.15, 0.2) is 0 Å². The molecule has 0 aliphatic heterocycles. The highest BCUT2D eigenvalue weighted by Gasteiger charge is 2.09. The smallest absolute Gasteiger partial charge is 0.338 e. The first-order valence-electron chi connectivity index (χ1n) is 4.65. The summed E-state index contributed by atoms with van der Waals surface area (Å²) < 4.78 is 4.93. The van der Waals surface area contributed by atoms with Crippen LogP contribution in [0.4, 0.5) is 0 Å². The summed E-state index contributed by atoms with van der Waals surface area (Å²) in [5.41, 5.74) is 7.96. The van der Waals surface area contributed by atoms with Gasteiger partial charge in [-0.1, -0.05) is 12.1 Å². The summed E-state index contributed by atoms with van der Waals surface area (Å²) in [7, 11) is 0. The van der Waals surface area contributed by atoms with E-state index in [1.54, 1.807) is 13.0 Å². The maximum absolute atomic E-state index is 11.5. The number of rotatable bonds is 3. The van der Waals surface area contributed by atoms with Gasteiger partial charge >= 0.3 is 5.97 Å². The van der Waals surface area contributed by atoms with E-state index >= 15 is 0 Å². The highest BCUT2D eigenvalue weighted by Crippen LogP contribution is 2.12. The molecule has 0 amide bonds. The molecule has 0 fully saturated rings. The molecule has 1 aromatic carbocycles. The summed E-state index contributed by atoms with van der Waals surface area (Å²) in [6.07, 6.45) is 0.